The number of rotatable bonds is 4. The summed E-state index contributed by atoms with van der Waals surface area (Å²) in [6.07, 6.45) is 0.621. The molecule has 140 valence electrons. The number of amides is 2. The molecule has 2 atom stereocenters. The standard InChI is InChI=1S/C21H22FN3O2/c22-15-6-8-17(9-7-15)24-10-12-25(13-11-24)21(27)19-14-18(19)20(26)23-16-4-2-1-3-5-16/h1-9,18-19H,10-14H2,(H,23,26). The zero-order valence-corrected chi connectivity index (χ0v) is 15.0. The van der Waals surface area contributed by atoms with Gasteiger partial charge in [0, 0.05) is 37.6 Å². The average Bonchev–Trinajstić information content (AvgIpc) is 3.50. The van der Waals surface area contributed by atoms with Gasteiger partial charge >= 0.3 is 0 Å². The highest BCUT2D eigenvalue weighted by atomic mass is 19.1. The largest absolute Gasteiger partial charge is 0.368 e. The summed E-state index contributed by atoms with van der Waals surface area (Å²) in [4.78, 5) is 29.0. The fraction of sp³-hybridized carbons (Fsp3) is 0.333. The summed E-state index contributed by atoms with van der Waals surface area (Å²) in [5, 5.41) is 2.88. The molecular weight excluding hydrogens is 345 g/mol. The first kappa shape index (κ1) is 17.5. The van der Waals surface area contributed by atoms with Crippen LogP contribution in [-0.2, 0) is 9.59 Å². The van der Waals surface area contributed by atoms with Gasteiger partial charge in [0.05, 0.1) is 11.8 Å². The van der Waals surface area contributed by atoms with Crippen LogP contribution >= 0.6 is 0 Å². The van der Waals surface area contributed by atoms with Gasteiger partial charge in [0.2, 0.25) is 11.8 Å². The summed E-state index contributed by atoms with van der Waals surface area (Å²) in [7, 11) is 0. The van der Waals surface area contributed by atoms with Crippen LogP contribution in [-0.4, -0.2) is 42.9 Å². The maximum absolute atomic E-state index is 13.1. The zero-order chi connectivity index (χ0) is 18.8. The molecule has 0 bridgehead atoms. The number of hydrogen-bond donors (Lipinski definition) is 1. The molecule has 2 fully saturated rings. The van der Waals surface area contributed by atoms with Gasteiger partial charge < -0.3 is 15.1 Å². The summed E-state index contributed by atoms with van der Waals surface area (Å²) < 4.78 is 13.1. The van der Waals surface area contributed by atoms with E-state index in [2.05, 4.69) is 10.2 Å². The lowest BCUT2D eigenvalue weighted by atomic mass is 10.2. The van der Waals surface area contributed by atoms with Crippen LogP contribution in [0.15, 0.2) is 54.6 Å². The van der Waals surface area contributed by atoms with E-state index in [0.717, 1.165) is 11.4 Å². The van der Waals surface area contributed by atoms with Crippen LogP contribution in [0.5, 0.6) is 0 Å². The number of para-hydroxylation sites is 1. The number of benzene rings is 2. The van der Waals surface area contributed by atoms with Crippen molar-refractivity contribution < 1.29 is 14.0 Å². The van der Waals surface area contributed by atoms with Crippen molar-refractivity contribution in [1.29, 1.82) is 0 Å². The molecule has 1 N–H and O–H groups in total. The number of carbonyl (C=O) groups is 2. The van der Waals surface area contributed by atoms with Crippen LogP contribution < -0.4 is 10.2 Å². The Morgan fingerprint density at radius 2 is 1.56 bits per heavy atom. The van der Waals surface area contributed by atoms with Gasteiger partial charge in [0.1, 0.15) is 5.82 Å². The minimum absolute atomic E-state index is 0.0713. The van der Waals surface area contributed by atoms with Crippen LogP contribution in [0.2, 0.25) is 0 Å². The first-order chi connectivity index (χ1) is 13.1. The number of nitrogens with zero attached hydrogens (tertiary/aromatic N) is 2. The van der Waals surface area contributed by atoms with E-state index < -0.39 is 0 Å². The molecule has 2 aromatic rings. The average molecular weight is 367 g/mol. The molecule has 1 heterocycles. The molecule has 4 rings (SSSR count). The van der Waals surface area contributed by atoms with Gasteiger partial charge in [0.25, 0.3) is 0 Å². The van der Waals surface area contributed by atoms with Gasteiger partial charge in [-0.25, -0.2) is 4.39 Å². The Morgan fingerprint density at radius 3 is 2.22 bits per heavy atom. The lowest BCUT2D eigenvalue weighted by molar-refractivity contribution is -0.134. The third-order valence-corrected chi connectivity index (χ3v) is 5.27. The number of halogens is 1. The topological polar surface area (TPSA) is 52.7 Å². The number of nitrogens with one attached hydrogen (secondary N) is 1. The number of carbonyl (C=O) groups excluding carboxylic acids is 2. The molecule has 1 aliphatic heterocycles. The summed E-state index contributed by atoms with van der Waals surface area (Å²) >= 11 is 0. The van der Waals surface area contributed by atoms with E-state index in [-0.39, 0.29) is 29.5 Å². The van der Waals surface area contributed by atoms with E-state index in [1.54, 1.807) is 12.1 Å². The van der Waals surface area contributed by atoms with Gasteiger partial charge in [-0.05, 0) is 42.8 Å². The lowest BCUT2D eigenvalue weighted by Gasteiger charge is -2.36. The molecule has 27 heavy (non-hydrogen) atoms. The summed E-state index contributed by atoms with van der Waals surface area (Å²) in [6, 6.07) is 15.7. The van der Waals surface area contributed by atoms with Crippen molar-refractivity contribution >= 4 is 23.2 Å². The number of anilines is 2. The Balaban J connectivity index is 1.28. The molecule has 0 aromatic heterocycles. The molecule has 2 aromatic carbocycles. The quantitative estimate of drug-likeness (QED) is 0.904. The fourth-order valence-electron chi connectivity index (χ4n) is 3.59. The van der Waals surface area contributed by atoms with Crippen LogP contribution in [0.1, 0.15) is 6.42 Å². The third-order valence-electron chi connectivity index (χ3n) is 5.27. The third kappa shape index (κ3) is 3.94. The van der Waals surface area contributed by atoms with E-state index >= 15 is 0 Å². The first-order valence-corrected chi connectivity index (χ1v) is 9.27. The van der Waals surface area contributed by atoms with Gasteiger partial charge in [0.15, 0.2) is 0 Å². The maximum atomic E-state index is 13.1. The Hall–Kier alpha value is -2.89. The molecule has 2 unspecified atom stereocenters. The predicted octanol–water partition coefficient (Wildman–Crippen LogP) is 2.75. The minimum atomic E-state index is -0.249. The van der Waals surface area contributed by atoms with E-state index in [0.29, 0.717) is 32.6 Å². The second kappa shape index (κ2) is 7.39. The number of hydrogen-bond acceptors (Lipinski definition) is 3. The highest BCUT2D eigenvalue weighted by molar-refractivity contribution is 5.99. The van der Waals surface area contributed by atoms with E-state index in [4.69, 9.17) is 0 Å². The zero-order valence-electron chi connectivity index (χ0n) is 15.0. The van der Waals surface area contributed by atoms with Crippen LogP contribution in [0.4, 0.5) is 15.8 Å². The van der Waals surface area contributed by atoms with Crippen molar-refractivity contribution in [1.82, 2.24) is 4.90 Å². The Bertz CT molecular complexity index is 817. The van der Waals surface area contributed by atoms with Crippen molar-refractivity contribution in [2.45, 2.75) is 6.42 Å². The van der Waals surface area contributed by atoms with Crippen molar-refractivity contribution in [2.75, 3.05) is 36.4 Å². The van der Waals surface area contributed by atoms with Crippen LogP contribution in [0.25, 0.3) is 0 Å². The Labute approximate surface area is 157 Å². The minimum Gasteiger partial charge on any atom is -0.368 e. The normalized spacial score (nSPS) is 21.7. The molecule has 1 saturated heterocycles. The molecule has 0 radical (unpaired) electrons. The molecule has 6 heteroatoms. The number of piperazine rings is 1. The predicted molar refractivity (Wildman–Crippen MR) is 102 cm³/mol. The maximum Gasteiger partial charge on any atom is 0.228 e. The molecule has 1 aliphatic carbocycles. The SMILES string of the molecule is O=C(Nc1ccccc1)C1CC1C(=O)N1CCN(c2ccc(F)cc2)CC1. The van der Waals surface area contributed by atoms with E-state index in [1.165, 1.54) is 12.1 Å². The second-order valence-electron chi connectivity index (χ2n) is 7.09. The van der Waals surface area contributed by atoms with Gasteiger partial charge in [-0.15, -0.1) is 0 Å². The summed E-state index contributed by atoms with van der Waals surface area (Å²) in [5.74, 6) is -0.688. The molecule has 1 saturated carbocycles. The van der Waals surface area contributed by atoms with Gasteiger partial charge in [-0.1, -0.05) is 18.2 Å². The molecule has 2 aliphatic rings. The van der Waals surface area contributed by atoms with Crippen LogP contribution in [0.3, 0.4) is 0 Å². The second-order valence-corrected chi connectivity index (χ2v) is 7.09. The van der Waals surface area contributed by atoms with Crippen molar-refractivity contribution in [2.24, 2.45) is 11.8 Å². The molecule has 0 spiro atoms. The smallest absolute Gasteiger partial charge is 0.228 e. The van der Waals surface area contributed by atoms with Crippen molar-refractivity contribution in [3.05, 3.63) is 60.4 Å². The van der Waals surface area contributed by atoms with Crippen molar-refractivity contribution in [3.8, 4) is 0 Å². The Morgan fingerprint density at radius 1 is 0.889 bits per heavy atom. The fourth-order valence-corrected chi connectivity index (χ4v) is 3.59. The van der Waals surface area contributed by atoms with Crippen LogP contribution in [0, 0.1) is 17.7 Å². The lowest BCUT2D eigenvalue weighted by Crippen LogP contribution is -2.49. The first-order valence-electron chi connectivity index (χ1n) is 9.27. The summed E-state index contributed by atoms with van der Waals surface area (Å²) in [6.45, 7) is 2.68. The van der Waals surface area contributed by atoms with Gasteiger partial charge in [-0.2, -0.15) is 0 Å². The van der Waals surface area contributed by atoms with E-state index in [1.807, 2.05) is 35.2 Å². The van der Waals surface area contributed by atoms with Crippen molar-refractivity contribution in [3.63, 3.8) is 0 Å². The highest BCUT2D eigenvalue weighted by Gasteiger charge is 2.49. The van der Waals surface area contributed by atoms with Gasteiger partial charge in [-0.3, -0.25) is 9.59 Å². The summed E-state index contributed by atoms with van der Waals surface area (Å²) in [5.41, 5.74) is 1.73. The monoisotopic (exact) mass is 367 g/mol. The molecule has 2 amide bonds. The van der Waals surface area contributed by atoms with E-state index in [9.17, 15) is 14.0 Å². The molecule has 5 nitrogen and oxygen atoms in total. The molecular formula is C21H22FN3O2. The Kier molecular flexibility index (Phi) is 4.79. The highest BCUT2D eigenvalue weighted by Crippen LogP contribution is 2.41.